The number of halogens is 1. The lowest BCUT2D eigenvalue weighted by Gasteiger charge is -2.35. The molecule has 2 heterocycles. The van der Waals surface area contributed by atoms with Crippen molar-refractivity contribution in [3.8, 4) is 0 Å². The van der Waals surface area contributed by atoms with Crippen LogP contribution in [0.2, 0.25) is 0 Å². The summed E-state index contributed by atoms with van der Waals surface area (Å²) in [7, 11) is 1.95. The lowest BCUT2D eigenvalue weighted by atomic mass is 9.87. The molecular formula is C18H27ClN2O2. The van der Waals surface area contributed by atoms with Gasteiger partial charge in [-0.1, -0.05) is 29.8 Å². The van der Waals surface area contributed by atoms with Crippen LogP contribution in [-0.2, 0) is 9.53 Å². The highest BCUT2D eigenvalue weighted by Gasteiger charge is 2.36. The van der Waals surface area contributed by atoms with Gasteiger partial charge in [0.05, 0.1) is 12.0 Å². The maximum absolute atomic E-state index is 13.0. The summed E-state index contributed by atoms with van der Waals surface area (Å²) in [6.07, 6.45) is 2.83. The molecule has 2 aliphatic rings. The van der Waals surface area contributed by atoms with Gasteiger partial charge in [0, 0.05) is 26.2 Å². The van der Waals surface area contributed by atoms with Crippen molar-refractivity contribution in [3.63, 3.8) is 0 Å². The number of nitrogens with zero attached hydrogens (tertiary/aromatic N) is 1. The molecule has 3 atom stereocenters. The van der Waals surface area contributed by atoms with Gasteiger partial charge < -0.3 is 15.0 Å². The second kappa shape index (κ2) is 8.13. The Morgan fingerprint density at radius 2 is 2.00 bits per heavy atom. The van der Waals surface area contributed by atoms with E-state index in [2.05, 4.69) is 36.5 Å². The molecule has 1 aromatic rings. The van der Waals surface area contributed by atoms with Crippen molar-refractivity contribution in [1.29, 1.82) is 0 Å². The van der Waals surface area contributed by atoms with Crippen LogP contribution in [0, 0.1) is 12.8 Å². The molecule has 23 heavy (non-hydrogen) atoms. The minimum Gasteiger partial charge on any atom is -0.373 e. The van der Waals surface area contributed by atoms with Crippen molar-refractivity contribution in [2.24, 2.45) is 5.92 Å². The summed E-state index contributed by atoms with van der Waals surface area (Å²) < 4.78 is 5.99. The van der Waals surface area contributed by atoms with Gasteiger partial charge in [-0.05, 0) is 38.3 Å². The Morgan fingerprint density at radius 1 is 1.26 bits per heavy atom. The van der Waals surface area contributed by atoms with Gasteiger partial charge >= 0.3 is 0 Å². The second-order valence-electron chi connectivity index (χ2n) is 6.55. The fourth-order valence-electron chi connectivity index (χ4n) is 3.53. The smallest absolute Gasteiger partial charge is 0.228 e. The van der Waals surface area contributed by atoms with Crippen LogP contribution < -0.4 is 5.32 Å². The summed E-state index contributed by atoms with van der Waals surface area (Å²) in [5.74, 6) is 0.182. The minimum atomic E-state index is -0.0985. The van der Waals surface area contributed by atoms with Crippen LogP contribution in [0.4, 0.5) is 0 Å². The minimum absolute atomic E-state index is 0. The number of hydrogen-bond donors (Lipinski definition) is 1. The highest BCUT2D eigenvalue weighted by molar-refractivity contribution is 5.85. The maximum atomic E-state index is 13.0. The number of amides is 1. The summed E-state index contributed by atoms with van der Waals surface area (Å²) in [5.41, 5.74) is 2.36. The zero-order valence-electron chi connectivity index (χ0n) is 14.0. The van der Waals surface area contributed by atoms with Gasteiger partial charge in [-0.15, -0.1) is 12.4 Å². The highest BCUT2D eigenvalue weighted by atomic mass is 35.5. The number of hydrogen-bond acceptors (Lipinski definition) is 3. The molecule has 1 amide bonds. The topological polar surface area (TPSA) is 41.6 Å². The van der Waals surface area contributed by atoms with Gasteiger partial charge in [0.25, 0.3) is 0 Å². The van der Waals surface area contributed by atoms with Gasteiger partial charge in [0.2, 0.25) is 5.91 Å². The van der Waals surface area contributed by atoms with Gasteiger partial charge in [0.15, 0.2) is 0 Å². The van der Waals surface area contributed by atoms with Crippen molar-refractivity contribution in [2.75, 3.05) is 26.7 Å². The van der Waals surface area contributed by atoms with Crippen LogP contribution >= 0.6 is 12.4 Å². The number of rotatable bonds is 3. The first-order valence-corrected chi connectivity index (χ1v) is 8.32. The van der Waals surface area contributed by atoms with E-state index in [1.165, 1.54) is 5.56 Å². The molecule has 2 aliphatic heterocycles. The number of likely N-dealkylation sites (N-methyl/N-ethyl adjacent to an activating group) is 1. The quantitative estimate of drug-likeness (QED) is 0.921. The van der Waals surface area contributed by atoms with Gasteiger partial charge in [-0.3, -0.25) is 4.79 Å². The third kappa shape index (κ3) is 4.06. The molecule has 4 nitrogen and oxygen atoms in total. The van der Waals surface area contributed by atoms with E-state index >= 15 is 0 Å². The van der Waals surface area contributed by atoms with Gasteiger partial charge in [-0.2, -0.15) is 0 Å². The Kier molecular flexibility index (Phi) is 6.45. The van der Waals surface area contributed by atoms with Crippen LogP contribution in [0.1, 0.15) is 36.5 Å². The molecule has 1 aromatic carbocycles. The Bertz CT molecular complexity index is 514. The molecule has 2 fully saturated rings. The Labute approximate surface area is 145 Å². The molecule has 0 bridgehead atoms. The van der Waals surface area contributed by atoms with E-state index in [0.717, 1.165) is 44.5 Å². The molecule has 5 heteroatoms. The first kappa shape index (κ1) is 18.2. The van der Waals surface area contributed by atoms with E-state index in [-0.39, 0.29) is 30.3 Å². The summed E-state index contributed by atoms with van der Waals surface area (Å²) in [5, 5.41) is 3.34. The third-order valence-electron chi connectivity index (χ3n) is 4.98. The summed E-state index contributed by atoms with van der Waals surface area (Å²) >= 11 is 0. The van der Waals surface area contributed by atoms with Crippen LogP contribution in [0.5, 0.6) is 0 Å². The number of carbonyl (C=O) groups excluding carboxylic acids is 1. The molecule has 1 N–H and O–H groups in total. The molecule has 0 spiro atoms. The predicted octanol–water partition coefficient (Wildman–Crippen LogP) is 2.70. The average molecular weight is 339 g/mol. The van der Waals surface area contributed by atoms with E-state index in [0.29, 0.717) is 6.04 Å². The average Bonchev–Trinajstić information content (AvgIpc) is 3.09. The second-order valence-corrected chi connectivity index (χ2v) is 6.55. The number of nitrogens with one attached hydrogen (secondary N) is 1. The maximum Gasteiger partial charge on any atom is 0.228 e. The largest absolute Gasteiger partial charge is 0.373 e. The molecule has 0 saturated carbocycles. The normalized spacial score (nSPS) is 27.3. The van der Waals surface area contributed by atoms with Crippen molar-refractivity contribution in [3.05, 3.63) is 35.4 Å². The summed E-state index contributed by atoms with van der Waals surface area (Å²) in [6.45, 7) is 4.74. The standard InChI is InChI=1S/C18H26N2O2.ClH/c1-13-5-7-14(8-6-13)17-16(4-3-11-22-17)18(21)20(2)15-9-10-19-12-15;/h5-8,15-17,19H,3-4,9-12H2,1-2H3;1H. The van der Waals surface area contributed by atoms with E-state index < -0.39 is 0 Å². The fourth-order valence-corrected chi connectivity index (χ4v) is 3.53. The van der Waals surface area contributed by atoms with Crippen LogP contribution in [0.3, 0.4) is 0 Å². The Hall–Kier alpha value is -1.10. The van der Waals surface area contributed by atoms with Gasteiger partial charge in [-0.25, -0.2) is 0 Å². The van der Waals surface area contributed by atoms with Gasteiger partial charge in [0.1, 0.15) is 0 Å². The number of aryl methyl sites for hydroxylation is 1. The zero-order chi connectivity index (χ0) is 15.5. The molecule has 3 unspecified atom stereocenters. The predicted molar refractivity (Wildman–Crippen MR) is 93.9 cm³/mol. The van der Waals surface area contributed by atoms with Crippen LogP contribution in [-0.4, -0.2) is 43.6 Å². The molecule has 0 aromatic heterocycles. The monoisotopic (exact) mass is 338 g/mol. The molecule has 0 aliphatic carbocycles. The zero-order valence-corrected chi connectivity index (χ0v) is 14.8. The molecule has 2 saturated heterocycles. The first-order chi connectivity index (χ1) is 10.7. The summed E-state index contributed by atoms with van der Waals surface area (Å²) in [6, 6.07) is 8.72. The van der Waals surface area contributed by atoms with Crippen LogP contribution in [0.15, 0.2) is 24.3 Å². The van der Waals surface area contributed by atoms with E-state index in [9.17, 15) is 4.79 Å². The van der Waals surface area contributed by atoms with Crippen molar-refractivity contribution in [1.82, 2.24) is 10.2 Å². The Balaban J connectivity index is 0.00000192. The van der Waals surface area contributed by atoms with Crippen molar-refractivity contribution < 1.29 is 9.53 Å². The first-order valence-electron chi connectivity index (χ1n) is 8.32. The molecule has 128 valence electrons. The lowest BCUT2D eigenvalue weighted by molar-refractivity contribution is -0.146. The van der Waals surface area contributed by atoms with E-state index in [1.807, 2.05) is 11.9 Å². The van der Waals surface area contributed by atoms with Crippen LogP contribution in [0.25, 0.3) is 0 Å². The van der Waals surface area contributed by atoms with Crippen molar-refractivity contribution in [2.45, 2.75) is 38.3 Å². The number of ether oxygens (including phenoxy) is 1. The molecule has 3 rings (SSSR count). The Morgan fingerprint density at radius 3 is 2.65 bits per heavy atom. The highest BCUT2D eigenvalue weighted by Crippen LogP contribution is 2.35. The number of carbonyl (C=O) groups is 1. The number of benzene rings is 1. The van der Waals surface area contributed by atoms with Crippen molar-refractivity contribution >= 4 is 18.3 Å². The SMILES string of the molecule is Cc1ccc(C2OCCCC2C(=O)N(C)C2CCNC2)cc1.Cl. The van der Waals surface area contributed by atoms with E-state index in [4.69, 9.17) is 4.74 Å². The molecular weight excluding hydrogens is 312 g/mol. The fraction of sp³-hybridized carbons (Fsp3) is 0.611. The summed E-state index contributed by atoms with van der Waals surface area (Å²) in [4.78, 5) is 14.9. The van der Waals surface area contributed by atoms with E-state index in [1.54, 1.807) is 0 Å². The lowest BCUT2D eigenvalue weighted by Crippen LogP contribution is -2.44. The third-order valence-corrected chi connectivity index (χ3v) is 4.98. The molecule has 0 radical (unpaired) electrons.